The normalized spacial score (nSPS) is 9.04. The molecule has 0 aromatic heterocycles. The number of carboxylic acid groups (broad SMARTS) is 1. The van der Waals surface area contributed by atoms with Gasteiger partial charge in [0.2, 0.25) is 0 Å². The maximum atomic E-state index is 10.2. The van der Waals surface area contributed by atoms with E-state index in [1.54, 1.807) is 0 Å². The van der Waals surface area contributed by atoms with Crippen molar-refractivity contribution >= 4 is 23.3 Å². The largest absolute Gasteiger partial charge is 4.00 e. The molecule has 136 valence electrons. The van der Waals surface area contributed by atoms with Crippen LogP contribution in [0.15, 0.2) is 0 Å². The second-order valence-electron chi connectivity index (χ2n) is 6.07. The first-order valence-electron chi connectivity index (χ1n) is 8.97. The molecule has 0 saturated heterocycles. The van der Waals surface area contributed by atoms with Crippen molar-refractivity contribution in [1.82, 2.24) is 0 Å². The minimum Gasteiger partial charge on any atom is -2.00 e. The van der Waals surface area contributed by atoms with Crippen LogP contribution in [0.2, 0.25) is 0 Å². The number of unbranched alkanes of at least 4 members (excludes halogenated alkanes) is 14. The van der Waals surface area contributed by atoms with E-state index in [0.29, 0.717) is 0 Å². The zero-order chi connectivity index (χ0) is 14.9. The van der Waals surface area contributed by atoms with Crippen molar-refractivity contribution in [3.05, 3.63) is 0 Å². The molecule has 0 heterocycles. The molecule has 0 aliphatic carbocycles. The first kappa shape index (κ1) is 35.7. The van der Waals surface area contributed by atoms with Crippen LogP contribution >= 0.6 is 0 Å². The number of hydrogen-bond acceptors (Lipinski definition) is 2. The van der Waals surface area contributed by atoms with Gasteiger partial charge in [-0.3, -0.25) is 0 Å². The van der Waals surface area contributed by atoms with Crippen LogP contribution < -0.4 is 5.11 Å². The summed E-state index contributed by atoms with van der Waals surface area (Å²) in [5.74, 6) is -0.903. The van der Waals surface area contributed by atoms with Gasteiger partial charge in [0.15, 0.2) is 0 Å². The molecule has 24 heavy (non-hydrogen) atoms. The molecule has 0 aliphatic rings. The molecule has 0 radical (unpaired) electrons. The molecule has 0 saturated carbocycles. The van der Waals surface area contributed by atoms with E-state index in [9.17, 15) is 9.90 Å². The molecule has 0 N–H and O–H groups in total. The third kappa shape index (κ3) is 34.1. The Morgan fingerprint density at radius 3 is 1.12 bits per heavy atom. The van der Waals surface area contributed by atoms with Crippen LogP contribution in [0.25, 0.3) is 0 Å². The van der Waals surface area contributed by atoms with Gasteiger partial charge in [-0.1, -0.05) is 96.8 Å². The van der Waals surface area contributed by atoms with Gasteiger partial charge < -0.3 is 20.9 Å². The quantitative estimate of drug-likeness (QED) is 0.289. The molecule has 0 spiro atoms. The summed E-state index contributed by atoms with van der Waals surface area (Å²) in [6.45, 7) is 2.27. The van der Waals surface area contributed by atoms with Crippen LogP contribution in [-0.2, 0) is 37.5 Å². The molecule has 6 heteroatoms. The minimum absolute atomic E-state index is 0. The van der Waals surface area contributed by atoms with Gasteiger partial charge in [-0.05, 0) is 12.8 Å². The SMILES string of the molecule is CCCCCCCCCCCCCCCCCC(=O)[O-].[Al+3].[O-2].[O-2].[Ti+4]. The van der Waals surface area contributed by atoms with E-state index < -0.39 is 5.97 Å². The monoisotopic (exact) mass is 390 g/mol. The number of carbonyl (C=O) groups is 1. The summed E-state index contributed by atoms with van der Waals surface area (Å²) in [5, 5.41) is 10.2. The van der Waals surface area contributed by atoms with Gasteiger partial charge >= 0.3 is 39.1 Å². The molecule has 0 aromatic rings. The molecule has 0 unspecified atom stereocenters. The van der Waals surface area contributed by atoms with Crippen molar-refractivity contribution in [2.24, 2.45) is 0 Å². The zero-order valence-electron chi connectivity index (χ0n) is 15.5. The molecule has 0 rings (SSSR count). The topological polar surface area (TPSA) is 97.1 Å². The Hall–Kier alpha value is 0.637. The predicted octanol–water partition coefficient (Wildman–Crippen LogP) is 4.38. The van der Waals surface area contributed by atoms with E-state index in [2.05, 4.69) is 6.92 Å². The van der Waals surface area contributed by atoms with Crippen molar-refractivity contribution in [2.45, 2.75) is 110 Å². The maximum absolute atomic E-state index is 10.2. The molecule has 0 bridgehead atoms. The molecular weight excluding hydrogens is 355 g/mol. The second-order valence-corrected chi connectivity index (χ2v) is 6.07. The predicted molar refractivity (Wildman–Crippen MR) is 91.7 cm³/mol. The summed E-state index contributed by atoms with van der Waals surface area (Å²) >= 11 is 0. The Kier molecular flexibility index (Phi) is 46.7. The number of carboxylic acids is 1. The van der Waals surface area contributed by atoms with Crippen LogP contribution in [0.5, 0.6) is 0 Å². The molecule has 0 aliphatic heterocycles. The number of hydrogen-bond donors (Lipinski definition) is 0. The zero-order valence-corrected chi connectivity index (χ0v) is 18.2. The van der Waals surface area contributed by atoms with E-state index in [0.717, 1.165) is 12.8 Å². The summed E-state index contributed by atoms with van der Waals surface area (Å²) in [6.07, 6.45) is 19.9. The minimum atomic E-state index is -0.903. The standard InChI is InChI=1S/C18H36O2.Al.2O.Ti/c1-2-3-4-5-6-7-8-9-10-11-12-13-14-15-16-17-18(19)20;;;;/h2-17H2,1H3,(H,19,20);;;;/q;+3;2*-2;+4/p-1. The van der Waals surface area contributed by atoms with Crippen molar-refractivity contribution in [3.63, 3.8) is 0 Å². The van der Waals surface area contributed by atoms with Crippen molar-refractivity contribution in [3.8, 4) is 0 Å². The number of carbonyl (C=O) groups excluding carboxylic acids is 1. The molecule has 0 amide bonds. The Bertz CT molecular complexity index is 219. The first-order chi connectivity index (χ1) is 9.77. The van der Waals surface area contributed by atoms with Gasteiger partial charge in [-0.2, -0.15) is 0 Å². The van der Waals surface area contributed by atoms with E-state index in [1.165, 1.54) is 83.5 Å². The van der Waals surface area contributed by atoms with Crippen molar-refractivity contribution < 1.29 is 42.6 Å². The second kappa shape index (κ2) is 31.4. The van der Waals surface area contributed by atoms with Crippen LogP contribution in [-0.4, -0.2) is 23.3 Å². The van der Waals surface area contributed by atoms with Crippen molar-refractivity contribution in [1.29, 1.82) is 0 Å². The maximum Gasteiger partial charge on any atom is 4.00 e. The summed E-state index contributed by atoms with van der Waals surface area (Å²) in [5.41, 5.74) is 0. The van der Waals surface area contributed by atoms with E-state index >= 15 is 0 Å². The summed E-state index contributed by atoms with van der Waals surface area (Å²) in [6, 6.07) is 0. The fraction of sp³-hybridized carbons (Fsp3) is 0.944. The average Bonchev–Trinajstić information content (AvgIpc) is 2.43. The third-order valence-electron chi connectivity index (χ3n) is 3.98. The van der Waals surface area contributed by atoms with Gasteiger partial charge in [-0.25, -0.2) is 0 Å². The Balaban J connectivity index is -0.000000301. The molecule has 0 atom stereocenters. The Labute approximate surface area is 175 Å². The fourth-order valence-corrected chi connectivity index (χ4v) is 2.64. The molecule has 4 nitrogen and oxygen atoms in total. The molecule has 0 aromatic carbocycles. The van der Waals surface area contributed by atoms with E-state index in [-0.39, 0.29) is 56.5 Å². The van der Waals surface area contributed by atoms with Crippen LogP contribution in [0.4, 0.5) is 0 Å². The van der Waals surface area contributed by atoms with Gasteiger partial charge in [0, 0.05) is 5.97 Å². The number of rotatable bonds is 16. The fourth-order valence-electron chi connectivity index (χ4n) is 2.64. The van der Waals surface area contributed by atoms with Crippen LogP contribution in [0.3, 0.4) is 0 Å². The number of aliphatic carboxylic acids is 1. The third-order valence-corrected chi connectivity index (χ3v) is 3.98. The van der Waals surface area contributed by atoms with Crippen LogP contribution in [0.1, 0.15) is 110 Å². The van der Waals surface area contributed by atoms with Gasteiger partial charge in [0.25, 0.3) is 0 Å². The average molecular weight is 390 g/mol. The van der Waals surface area contributed by atoms with Gasteiger partial charge in [0.05, 0.1) is 0 Å². The van der Waals surface area contributed by atoms with Crippen LogP contribution in [0, 0.1) is 0 Å². The van der Waals surface area contributed by atoms with E-state index in [4.69, 9.17) is 0 Å². The first-order valence-corrected chi connectivity index (χ1v) is 8.97. The summed E-state index contributed by atoms with van der Waals surface area (Å²) < 4.78 is 0. The smallest absolute Gasteiger partial charge is 2.00 e. The summed E-state index contributed by atoms with van der Waals surface area (Å²) in [7, 11) is 0. The summed E-state index contributed by atoms with van der Waals surface area (Å²) in [4.78, 5) is 10.2. The van der Waals surface area contributed by atoms with E-state index in [1.807, 2.05) is 0 Å². The Morgan fingerprint density at radius 1 is 0.625 bits per heavy atom. The van der Waals surface area contributed by atoms with Gasteiger partial charge in [-0.15, -0.1) is 0 Å². The molecular formula is C18H35AlO4Ti+2. The van der Waals surface area contributed by atoms with Gasteiger partial charge in [0.1, 0.15) is 0 Å². The molecule has 0 fully saturated rings. The van der Waals surface area contributed by atoms with Crippen molar-refractivity contribution in [2.75, 3.05) is 0 Å². The Morgan fingerprint density at radius 2 is 0.875 bits per heavy atom.